The molecular weight excluding hydrogens is 433 g/mol. The van der Waals surface area contributed by atoms with E-state index in [-0.39, 0.29) is 11.6 Å². The van der Waals surface area contributed by atoms with Crippen molar-refractivity contribution in [2.45, 2.75) is 65.1 Å². The molecule has 1 N–H and O–H groups in total. The Bertz CT molecular complexity index is 1080. The Labute approximate surface area is 191 Å². The predicted molar refractivity (Wildman–Crippen MR) is 127 cm³/mol. The summed E-state index contributed by atoms with van der Waals surface area (Å²) in [5.74, 6) is 0.358. The topological polar surface area (TPSA) is 40.0 Å². The Morgan fingerprint density at radius 3 is 2.28 bits per heavy atom. The molecule has 0 amide bonds. The smallest absolute Gasteiger partial charge is 0.417 e. The molecular formula is C25H31F3N2OS. The maximum absolute atomic E-state index is 13.6. The number of benzene rings is 2. The van der Waals surface area contributed by atoms with Gasteiger partial charge in [0.25, 0.3) is 0 Å². The molecule has 0 aliphatic rings. The lowest BCUT2D eigenvalue weighted by molar-refractivity contribution is -0.137. The van der Waals surface area contributed by atoms with Crippen molar-refractivity contribution in [3.63, 3.8) is 0 Å². The first-order valence-electron chi connectivity index (χ1n) is 10.8. The summed E-state index contributed by atoms with van der Waals surface area (Å²) in [6.07, 6.45) is -2.40. The van der Waals surface area contributed by atoms with Gasteiger partial charge < -0.3 is 9.12 Å². The third kappa shape index (κ3) is 5.33. The van der Waals surface area contributed by atoms with Crippen LogP contribution in [0.4, 0.5) is 13.2 Å². The quantitative estimate of drug-likeness (QED) is 0.395. The van der Waals surface area contributed by atoms with E-state index in [0.717, 1.165) is 29.1 Å². The number of fused-ring (bicyclic) bond motifs is 1. The summed E-state index contributed by atoms with van der Waals surface area (Å²) >= 11 is -1.24. The summed E-state index contributed by atoms with van der Waals surface area (Å²) in [6.45, 7) is 12.6. The Morgan fingerprint density at radius 2 is 1.69 bits per heavy atom. The van der Waals surface area contributed by atoms with Crippen LogP contribution in [0.1, 0.15) is 58.7 Å². The Kier molecular flexibility index (Phi) is 7.03. The van der Waals surface area contributed by atoms with Crippen LogP contribution >= 0.6 is 0 Å². The van der Waals surface area contributed by atoms with Crippen molar-refractivity contribution < 1.29 is 17.7 Å². The van der Waals surface area contributed by atoms with Gasteiger partial charge in [-0.15, -0.1) is 4.72 Å². The zero-order chi connectivity index (χ0) is 23.8. The maximum atomic E-state index is 13.6. The van der Waals surface area contributed by atoms with E-state index < -0.39 is 27.8 Å². The van der Waals surface area contributed by atoms with Crippen molar-refractivity contribution in [1.29, 1.82) is 0 Å². The molecule has 0 unspecified atom stereocenters. The molecule has 3 aromatic rings. The molecule has 0 saturated heterocycles. The lowest BCUT2D eigenvalue weighted by Crippen LogP contribution is -2.40. The Balaban J connectivity index is 2.12. The zero-order valence-electron chi connectivity index (χ0n) is 19.4. The zero-order valence-corrected chi connectivity index (χ0v) is 20.2. The predicted octanol–water partition coefficient (Wildman–Crippen LogP) is 7.10. The van der Waals surface area contributed by atoms with Crippen LogP contribution in [0.15, 0.2) is 48.7 Å². The van der Waals surface area contributed by atoms with E-state index in [4.69, 9.17) is 0 Å². The molecule has 1 aromatic heterocycles. The average Bonchev–Trinajstić information content (AvgIpc) is 3.04. The van der Waals surface area contributed by atoms with Crippen LogP contribution in [-0.2, 0) is 24.1 Å². The number of alkyl halides is 3. The molecule has 2 atom stereocenters. The van der Waals surface area contributed by atoms with Gasteiger partial charge in [-0.2, -0.15) is 13.2 Å². The summed E-state index contributed by atoms with van der Waals surface area (Å²) in [5.41, 5.74) is 1.91. The van der Waals surface area contributed by atoms with Gasteiger partial charge in [0.1, 0.15) is 4.75 Å². The van der Waals surface area contributed by atoms with Gasteiger partial charge in [0, 0.05) is 35.0 Å². The minimum atomic E-state index is -4.42. The second-order valence-corrected chi connectivity index (χ2v) is 11.6. The molecule has 3 rings (SSSR count). The van der Waals surface area contributed by atoms with Gasteiger partial charge in [-0.3, -0.25) is 0 Å². The maximum Gasteiger partial charge on any atom is 0.417 e. The van der Waals surface area contributed by atoms with Crippen molar-refractivity contribution >= 4 is 22.3 Å². The highest BCUT2D eigenvalue weighted by Crippen LogP contribution is 2.39. The highest BCUT2D eigenvalue weighted by Gasteiger charge is 2.33. The van der Waals surface area contributed by atoms with Crippen LogP contribution in [-0.4, -0.2) is 13.9 Å². The normalized spacial score (nSPS) is 14.8. The van der Waals surface area contributed by atoms with Crippen LogP contribution in [0.5, 0.6) is 0 Å². The van der Waals surface area contributed by atoms with Gasteiger partial charge in [0.15, 0.2) is 0 Å². The number of nitrogens with one attached hydrogen (secondary N) is 1. The summed E-state index contributed by atoms with van der Waals surface area (Å²) in [5, 5.41) is 0.949. The third-order valence-corrected chi connectivity index (χ3v) is 7.00. The molecule has 0 bridgehead atoms. The molecule has 0 aliphatic heterocycles. The lowest BCUT2D eigenvalue weighted by atomic mass is 9.97. The molecule has 0 saturated carbocycles. The van der Waals surface area contributed by atoms with Crippen LogP contribution in [0, 0.1) is 5.92 Å². The van der Waals surface area contributed by atoms with Gasteiger partial charge in [-0.05, 0) is 62.4 Å². The Hall–Kier alpha value is -1.96. The number of rotatable bonds is 6. The average molecular weight is 465 g/mol. The first-order chi connectivity index (χ1) is 14.8. The largest absolute Gasteiger partial charge is 0.598 e. The summed E-state index contributed by atoms with van der Waals surface area (Å²) in [6, 6.07) is 10.9. The third-order valence-electron chi connectivity index (χ3n) is 5.32. The molecule has 3 nitrogen and oxygen atoms in total. The molecule has 7 heteroatoms. The van der Waals surface area contributed by atoms with Crippen molar-refractivity contribution in [2.75, 3.05) is 0 Å². The van der Waals surface area contributed by atoms with E-state index in [9.17, 15) is 17.7 Å². The summed E-state index contributed by atoms with van der Waals surface area (Å²) in [4.78, 5) is 0. The van der Waals surface area contributed by atoms with Crippen LogP contribution < -0.4 is 4.72 Å². The van der Waals surface area contributed by atoms with Crippen LogP contribution in [0.3, 0.4) is 0 Å². The fourth-order valence-electron chi connectivity index (χ4n) is 3.76. The van der Waals surface area contributed by atoms with E-state index in [2.05, 4.69) is 23.1 Å². The molecule has 1 heterocycles. The van der Waals surface area contributed by atoms with E-state index in [0.29, 0.717) is 11.5 Å². The first kappa shape index (κ1) is 24.7. The second kappa shape index (κ2) is 9.12. The molecule has 174 valence electrons. The van der Waals surface area contributed by atoms with Gasteiger partial charge >= 0.3 is 6.18 Å². The monoisotopic (exact) mass is 464 g/mol. The van der Waals surface area contributed by atoms with Gasteiger partial charge in [-0.25, -0.2) is 0 Å². The van der Waals surface area contributed by atoms with E-state index in [1.807, 2.05) is 46.0 Å². The van der Waals surface area contributed by atoms with E-state index in [1.165, 1.54) is 12.1 Å². The fraction of sp³-hybridized carbons (Fsp3) is 0.440. The minimum absolute atomic E-state index is 0.167. The second-order valence-electron chi connectivity index (χ2n) is 9.63. The summed E-state index contributed by atoms with van der Waals surface area (Å²) < 4.78 is 58.2. The summed E-state index contributed by atoms with van der Waals surface area (Å²) in [7, 11) is 0. The SMILES string of the molecule is CC(C)Cn1cc([C@@H](C)N[S@@+]([O-])C(C)(C)C)c2ccc(-c3ccccc3C(F)(F)F)cc21. The number of aromatic nitrogens is 1. The molecule has 0 fully saturated rings. The molecule has 2 aromatic carbocycles. The fourth-order valence-corrected chi connectivity index (χ4v) is 4.56. The molecule has 32 heavy (non-hydrogen) atoms. The van der Waals surface area contributed by atoms with Crippen LogP contribution in [0.25, 0.3) is 22.0 Å². The highest BCUT2D eigenvalue weighted by molar-refractivity contribution is 7.90. The number of halogens is 3. The standard InChI is InChI=1S/C25H31F3N2OS/c1-16(2)14-30-15-21(17(3)29-32(31)24(4,5)6)20-12-11-18(13-23(20)30)19-9-7-8-10-22(19)25(26,27)28/h7-13,15-17,29H,14H2,1-6H3/t17-,32+/m1/s1. The van der Waals surface area contributed by atoms with Gasteiger partial charge in [0.05, 0.1) is 11.6 Å². The van der Waals surface area contributed by atoms with Crippen molar-refractivity contribution in [3.8, 4) is 11.1 Å². The van der Waals surface area contributed by atoms with E-state index in [1.54, 1.807) is 12.1 Å². The first-order valence-corrected chi connectivity index (χ1v) is 11.9. The molecule has 0 aliphatic carbocycles. The van der Waals surface area contributed by atoms with Crippen LogP contribution in [0.2, 0.25) is 0 Å². The highest BCUT2D eigenvalue weighted by atomic mass is 32.2. The number of nitrogens with zero attached hydrogens (tertiary/aromatic N) is 1. The van der Waals surface area contributed by atoms with Gasteiger partial charge in [0.2, 0.25) is 0 Å². The minimum Gasteiger partial charge on any atom is -0.598 e. The number of hydrogen-bond donors (Lipinski definition) is 1. The van der Waals surface area contributed by atoms with Crippen molar-refractivity contribution in [1.82, 2.24) is 9.29 Å². The Morgan fingerprint density at radius 1 is 1.03 bits per heavy atom. The molecule has 0 spiro atoms. The van der Waals surface area contributed by atoms with Crippen molar-refractivity contribution in [2.24, 2.45) is 5.92 Å². The van der Waals surface area contributed by atoms with Gasteiger partial charge in [-0.1, -0.05) is 44.2 Å². The molecule has 0 radical (unpaired) electrons. The van der Waals surface area contributed by atoms with Crippen molar-refractivity contribution in [3.05, 3.63) is 59.8 Å². The lowest BCUT2D eigenvalue weighted by Gasteiger charge is -2.26. The number of hydrogen-bond acceptors (Lipinski definition) is 2. The van der Waals surface area contributed by atoms with E-state index >= 15 is 0 Å².